The van der Waals surface area contributed by atoms with Crippen molar-refractivity contribution in [1.82, 2.24) is 4.98 Å². The van der Waals surface area contributed by atoms with E-state index < -0.39 is 0 Å². The molecule has 0 unspecified atom stereocenters. The van der Waals surface area contributed by atoms with Gasteiger partial charge < -0.3 is 15.8 Å². The molecule has 19 heavy (non-hydrogen) atoms. The van der Waals surface area contributed by atoms with E-state index in [9.17, 15) is 0 Å². The van der Waals surface area contributed by atoms with Crippen molar-refractivity contribution in [2.24, 2.45) is 0 Å². The SMILES string of the molecule is Cc1cc(N)cnc1Nc1ccc2c(c1)CCCO2. The van der Waals surface area contributed by atoms with Crippen LogP contribution in [0.1, 0.15) is 17.5 Å². The van der Waals surface area contributed by atoms with Crippen molar-refractivity contribution >= 4 is 17.2 Å². The number of hydrogen-bond acceptors (Lipinski definition) is 4. The Hall–Kier alpha value is -2.23. The number of benzene rings is 1. The Bertz CT molecular complexity index is 610. The van der Waals surface area contributed by atoms with Gasteiger partial charge in [0.05, 0.1) is 18.5 Å². The first-order valence-corrected chi connectivity index (χ1v) is 6.47. The number of nitrogens with one attached hydrogen (secondary N) is 1. The Morgan fingerprint density at radius 3 is 3.05 bits per heavy atom. The Morgan fingerprint density at radius 1 is 1.32 bits per heavy atom. The molecule has 0 amide bonds. The molecule has 1 aliphatic heterocycles. The van der Waals surface area contributed by atoms with Crippen molar-refractivity contribution in [2.75, 3.05) is 17.7 Å². The van der Waals surface area contributed by atoms with Crippen molar-refractivity contribution < 1.29 is 4.74 Å². The zero-order chi connectivity index (χ0) is 13.2. The highest BCUT2D eigenvalue weighted by Gasteiger charge is 2.11. The van der Waals surface area contributed by atoms with Crippen molar-refractivity contribution in [2.45, 2.75) is 19.8 Å². The topological polar surface area (TPSA) is 60.2 Å². The number of anilines is 3. The zero-order valence-corrected chi connectivity index (χ0v) is 10.9. The number of hydrogen-bond donors (Lipinski definition) is 2. The van der Waals surface area contributed by atoms with Crippen LogP contribution < -0.4 is 15.8 Å². The Balaban J connectivity index is 1.87. The third-order valence-electron chi connectivity index (χ3n) is 3.27. The normalized spacial score (nSPS) is 13.5. The molecule has 0 saturated carbocycles. The summed E-state index contributed by atoms with van der Waals surface area (Å²) < 4.78 is 5.61. The highest BCUT2D eigenvalue weighted by molar-refractivity contribution is 5.63. The molecule has 0 fully saturated rings. The molecule has 4 nitrogen and oxygen atoms in total. The number of ether oxygens (including phenoxy) is 1. The van der Waals surface area contributed by atoms with Gasteiger partial charge in [-0.1, -0.05) is 0 Å². The predicted octanol–water partition coefficient (Wildman–Crippen LogP) is 3.04. The van der Waals surface area contributed by atoms with Crippen molar-refractivity contribution in [3.8, 4) is 5.75 Å². The molecular formula is C15H17N3O. The molecule has 3 N–H and O–H groups in total. The summed E-state index contributed by atoms with van der Waals surface area (Å²) in [6, 6.07) is 8.08. The van der Waals surface area contributed by atoms with Crippen LogP contribution in [-0.4, -0.2) is 11.6 Å². The van der Waals surface area contributed by atoms with E-state index in [2.05, 4.69) is 16.4 Å². The lowest BCUT2D eigenvalue weighted by atomic mass is 10.1. The fourth-order valence-electron chi connectivity index (χ4n) is 2.30. The van der Waals surface area contributed by atoms with Crippen LogP contribution in [0.3, 0.4) is 0 Å². The zero-order valence-electron chi connectivity index (χ0n) is 10.9. The van der Waals surface area contributed by atoms with Gasteiger partial charge in [-0.2, -0.15) is 0 Å². The summed E-state index contributed by atoms with van der Waals surface area (Å²) in [5, 5.41) is 3.33. The lowest BCUT2D eigenvalue weighted by Crippen LogP contribution is -2.08. The Morgan fingerprint density at radius 2 is 2.21 bits per heavy atom. The first kappa shape index (κ1) is 11.8. The van der Waals surface area contributed by atoms with Gasteiger partial charge >= 0.3 is 0 Å². The molecular weight excluding hydrogens is 238 g/mol. The van der Waals surface area contributed by atoms with Crippen LogP contribution in [0.5, 0.6) is 5.75 Å². The van der Waals surface area contributed by atoms with E-state index in [1.54, 1.807) is 6.20 Å². The first-order valence-electron chi connectivity index (χ1n) is 6.47. The summed E-state index contributed by atoms with van der Waals surface area (Å²) in [5.41, 5.74) is 9.71. The lowest BCUT2D eigenvalue weighted by molar-refractivity contribution is 0.288. The Labute approximate surface area is 112 Å². The minimum Gasteiger partial charge on any atom is -0.493 e. The summed E-state index contributed by atoms with van der Waals surface area (Å²) in [6.45, 7) is 2.81. The Kier molecular flexibility index (Phi) is 2.99. The first-order chi connectivity index (χ1) is 9.22. The minimum atomic E-state index is 0.682. The molecule has 1 aliphatic rings. The highest BCUT2D eigenvalue weighted by Crippen LogP contribution is 2.29. The van der Waals surface area contributed by atoms with Gasteiger partial charge in [0.2, 0.25) is 0 Å². The average Bonchev–Trinajstić information content (AvgIpc) is 2.42. The second-order valence-electron chi connectivity index (χ2n) is 4.83. The number of rotatable bonds is 2. The number of aryl methyl sites for hydroxylation is 2. The summed E-state index contributed by atoms with van der Waals surface area (Å²) in [5.74, 6) is 1.84. The van der Waals surface area contributed by atoms with E-state index in [-0.39, 0.29) is 0 Å². The maximum atomic E-state index is 5.71. The molecule has 0 spiro atoms. The highest BCUT2D eigenvalue weighted by atomic mass is 16.5. The number of nitrogen functional groups attached to an aromatic ring is 1. The van der Waals surface area contributed by atoms with Gasteiger partial charge in [-0.15, -0.1) is 0 Å². The van der Waals surface area contributed by atoms with Gasteiger partial charge in [-0.25, -0.2) is 4.98 Å². The van der Waals surface area contributed by atoms with Crippen LogP contribution in [0.25, 0.3) is 0 Å². The fourth-order valence-corrected chi connectivity index (χ4v) is 2.30. The van der Waals surface area contributed by atoms with E-state index in [4.69, 9.17) is 10.5 Å². The van der Waals surface area contributed by atoms with Crippen LogP contribution in [0.2, 0.25) is 0 Å². The number of pyridine rings is 1. The summed E-state index contributed by atoms with van der Waals surface area (Å²) in [4.78, 5) is 4.32. The summed E-state index contributed by atoms with van der Waals surface area (Å²) in [6.07, 6.45) is 3.81. The predicted molar refractivity (Wildman–Crippen MR) is 76.9 cm³/mol. The van der Waals surface area contributed by atoms with Gasteiger partial charge in [-0.05, 0) is 55.2 Å². The fraction of sp³-hybridized carbons (Fsp3) is 0.267. The van der Waals surface area contributed by atoms with Crippen LogP contribution in [0, 0.1) is 6.92 Å². The molecule has 1 aromatic heterocycles. The number of nitrogens with zero attached hydrogens (tertiary/aromatic N) is 1. The monoisotopic (exact) mass is 255 g/mol. The molecule has 4 heteroatoms. The number of nitrogens with two attached hydrogens (primary N) is 1. The van der Waals surface area contributed by atoms with Crippen molar-refractivity contribution in [3.63, 3.8) is 0 Å². The largest absolute Gasteiger partial charge is 0.493 e. The van der Waals surface area contributed by atoms with E-state index in [1.807, 2.05) is 25.1 Å². The number of fused-ring (bicyclic) bond motifs is 1. The molecule has 2 heterocycles. The van der Waals surface area contributed by atoms with Crippen LogP contribution >= 0.6 is 0 Å². The third-order valence-corrected chi connectivity index (χ3v) is 3.27. The van der Waals surface area contributed by atoms with E-state index >= 15 is 0 Å². The van der Waals surface area contributed by atoms with E-state index in [0.717, 1.165) is 42.3 Å². The van der Waals surface area contributed by atoms with Crippen LogP contribution in [-0.2, 0) is 6.42 Å². The van der Waals surface area contributed by atoms with Gasteiger partial charge in [-0.3, -0.25) is 0 Å². The molecule has 0 bridgehead atoms. The third kappa shape index (κ3) is 2.47. The van der Waals surface area contributed by atoms with Crippen molar-refractivity contribution in [3.05, 3.63) is 41.6 Å². The van der Waals surface area contributed by atoms with Gasteiger partial charge in [0, 0.05) is 5.69 Å². The lowest BCUT2D eigenvalue weighted by Gasteiger charge is -2.18. The summed E-state index contributed by atoms with van der Waals surface area (Å²) in [7, 11) is 0. The molecule has 3 rings (SSSR count). The second-order valence-corrected chi connectivity index (χ2v) is 4.83. The molecule has 0 atom stereocenters. The minimum absolute atomic E-state index is 0.682. The molecule has 0 aliphatic carbocycles. The molecule has 1 aromatic carbocycles. The summed E-state index contributed by atoms with van der Waals surface area (Å²) >= 11 is 0. The van der Waals surface area contributed by atoms with E-state index in [1.165, 1.54) is 5.56 Å². The van der Waals surface area contributed by atoms with Gasteiger partial charge in [0.25, 0.3) is 0 Å². The molecule has 2 aromatic rings. The smallest absolute Gasteiger partial charge is 0.133 e. The second kappa shape index (κ2) is 4.80. The molecule has 98 valence electrons. The maximum Gasteiger partial charge on any atom is 0.133 e. The van der Waals surface area contributed by atoms with Gasteiger partial charge in [0.15, 0.2) is 0 Å². The quantitative estimate of drug-likeness (QED) is 0.866. The van der Waals surface area contributed by atoms with Crippen LogP contribution in [0.15, 0.2) is 30.5 Å². The van der Waals surface area contributed by atoms with Gasteiger partial charge in [0.1, 0.15) is 11.6 Å². The number of aromatic nitrogens is 1. The maximum absolute atomic E-state index is 5.71. The molecule has 0 saturated heterocycles. The average molecular weight is 255 g/mol. The standard InChI is InChI=1S/C15H17N3O/c1-10-7-12(16)9-17-15(10)18-13-4-5-14-11(8-13)3-2-6-19-14/h4-5,7-9H,2-3,6,16H2,1H3,(H,17,18). The molecule has 0 radical (unpaired) electrons. The van der Waals surface area contributed by atoms with Crippen molar-refractivity contribution in [1.29, 1.82) is 0 Å². The van der Waals surface area contributed by atoms with Crippen LogP contribution in [0.4, 0.5) is 17.2 Å². The van der Waals surface area contributed by atoms with E-state index in [0.29, 0.717) is 5.69 Å².